The van der Waals surface area contributed by atoms with E-state index >= 15 is 0 Å². The fraction of sp³-hybridized carbons (Fsp3) is 0.146. The molecule has 3 N–H and O–H groups in total. The summed E-state index contributed by atoms with van der Waals surface area (Å²) in [7, 11) is 2.15. The van der Waals surface area contributed by atoms with Crippen LogP contribution in [-0.2, 0) is 4.79 Å². The molecule has 0 radical (unpaired) electrons. The Balaban J connectivity index is 1.10. The number of carbonyl (C=O) groups is 3. The molecule has 0 spiro atoms. The number of ether oxygens (including phenoxy) is 1. The average Bonchev–Trinajstić information content (AvgIpc) is 3.70. The number of imide groups is 1. The third-order valence-corrected chi connectivity index (χ3v) is 9.57. The van der Waals surface area contributed by atoms with Crippen molar-refractivity contribution in [3.8, 4) is 28.1 Å². The normalized spacial score (nSPS) is 14.4. The molecule has 2 aromatic heterocycles. The number of aromatic nitrogens is 3. The molecular formula is C41H36N8O4. The molecule has 12 nitrogen and oxygen atoms in total. The molecule has 4 aromatic carbocycles. The van der Waals surface area contributed by atoms with Crippen LogP contribution in [0.4, 0.5) is 22.9 Å². The molecule has 264 valence electrons. The Kier molecular flexibility index (Phi) is 8.86. The highest BCUT2D eigenvalue weighted by Gasteiger charge is 2.35. The lowest BCUT2D eigenvalue weighted by Crippen LogP contribution is -2.44. The van der Waals surface area contributed by atoms with Crippen LogP contribution >= 0.6 is 0 Å². The number of anilines is 4. The molecule has 53 heavy (non-hydrogen) atoms. The van der Waals surface area contributed by atoms with Crippen molar-refractivity contribution in [2.75, 3.05) is 55.5 Å². The molecule has 3 amide bonds. The van der Waals surface area contributed by atoms with Crippen molar-refractivity contribution < 1.29 is 19.1 Å². The predicted octanol–water partition coefficient (Wildman–Crippen LogP) is 6.54. The lowest BCUT2D eigenvalue weighted by atomic mass is 9.98. The van der Waals surface area contributed by atoms with Gasteiger partial charge in [0.05, 0.1) is 22.2 Å². The van der Waals surface area contributed by atoms with Gasteiger partial charge in [0, 0.05) is 48.8 Å². The number of piperazine rings is 1. The maximum Gasteiger partial charge on any atom is 0.264 e. The topological polar surface area (TPSA) is 136 Å². The van der Waals surface area contributed by atoms with Crippen LogP contribution in [0.2, 0.25) is 0 Å². The van der Waals surface area contributed by atoms with Crippen molar-refractivity contribution in [3.05, 3.63) is 127 Å². The number of H-pyrrole nitrogens is 1. The summed E-state index contributed by atoms with van der Waals surface area (Å²) < 4.78 is 5.85. The lowest BCUT2D eigenvalue weighted by Gasteiger charge is -2.34. The van der Waals surface area contributed by atoms with Gasteiger partial charge < -0.3 is 30.2 Å². The number of benzene rings is 4. The highest BCUT2D eigenvalue weighted by molar-refractivity contribution is 6.21. The predicted molar refractivity (Wildman–Crippen MR) is 205 cm³/mol. The van der Waals surface area contributed by atoms with Crippen molar-refractivity contribution in [1.29, 1.82) is 0 Å². The van der Waals surface area contributed by atoms with Crippen molar-refractivity contribution >= 4 is 51.6 Å². The maximum absolute atomic E-state index is 12.8. The number of carbonyl (C=O) groups excluding carboxylic acids is 3. The molecule has 4 heterocycles. The standard InChI is InChI=1S/C41H36N8O4/c1-3-34(50)44-29-8-6-7-27(23-29)35-36-38(42-24-43-39(36)46-37(35)26-11-15-30(16-12-26)48-21-19-47(2)20-22-48)45-28-13-17-31(18-14-28)53-25-49-40(51)32-9-4-5-10-33(32)41(49)52/h3-18,23-24H,1,19-22,25H2,2H3,(H,44,50)(H2,42,43,45,46). The number of aromatic amines is 1. The fourth-order valence-corrected chi connectivity index (χ4v) is 6.74. The third-order valence-electron chi connectivity index (χ3n) is 9.57. The van der Waals surface area contributed by atoms with Gasteiger partial charge in [-0.2, -0.15) is 0 Å². The molecule has 0 bridgehead atoms. The molecule has 1 fully saturated rings. The number of rotatable bonds is 10. The van der Waals surface area contributed by atoms with Gasteiger partial charge in [0.15, 0.2) is 6.73 Å². The summed E-state index contributed by atoms with van der Waals surface area (Å²) in [5.74, 6) is 0.00302. The van der Waals surface area contributed by atoms with Gasteiger partial charge in [-0.15, -0.1) is 0 Å². The monoisotopic (exact) mass is 704 g/mol. The SMILES string of the molecule is C=CC(=O)Nc1cccc(-c2c(-c3ccc(N4CCN(C)CC4)cc3)[nH]c3ncnc(Nc4ccc(OCN5C(=O)c6ccccc6C5=O)cc4)c23)c1. The van der Waals surface area contributed by atoms with E-state index in [2.05, 4.69) is 73.3 Å². The van der Waals surface area contributed by atoms with Crippen LogP contribution in [0.25, 0.3) is 33.4 Å². The summed E-state index contributed by atoms with van der Waals surface area (Å²) >= 11 is 0. The zero-order chi connectivity index (χ0) is 36.5. The highest BCUT2D eigenvalue weighted by atomic mass is 16.5. The van der Waals surface area contributed by atoms with Crippen LogP contribution in [0.5, 0.6) is 5.75 Å². The van der Waals surface area contributed by atoms with E-state index in [0.717, 1.165) is 64.5 Å². The molecule has 12 heteroatoms. The van der Waals surface area contributed by atoms with Gasteiger partial charge in [-0.05, 0) is 84.9 Å². The largest absolute Gasteiger partial charge is 0.473 e. The molecule has 2 aliphatic rings. The first-order chi connectivity index (χ1) is 25.9. The number of fused-ring (bicyclic) bond motifs is 2. The number of amides is 3. The van der Waals surface area contributed by atoms with Crippen molar-refractivity contribution in [3.63, 3.8) is 0 Å². The molecule has 1 saturated heterocycles. The first kappa shape index (κ1) is 33.4. The van der Waals surface area contributed by atoms with Crippen LogP contribution < -0.4 is 20.3 Å². The number of hydrogen-bond donors (Lipinski definition) is 3. The van der Waals surface area contributed by atoms with Gasteiger partial charge in [0.1, 0.15) is 23.5 Å². The Bertz CT molecular complexity index is 2330. The highest BCUT2D eigenvalue weighted by Crippen LogP contribution is 2.42. The van der Waals surface area contributed by atoms with Gasteiger partial charge in [0.2, 0.25) is 5.91 Å². The Morgan fingerprint density at radius 2 is 1.57 bits per heavy atom. The molecular weight excluding hydrogens is 669 g/mol. The summed E-state index contributed by atoms with van der Waals surface area (Å²) in [6.07, 6.45) is 2.74. The van der Waals surface area contributed by atoms with Crippen LogP contribution in [0.15, 0.2) is 116 Å². The average molecular weight is 705 g/mol. The summed E-state index contributed by atoms with van der Waals surface area (Å²) in [6, 6.07) is 30.1. The van der Waals surface area contributed by atoms with Crippen molar-refractivity contribution in [2.45, 2.75) is 0 Å². The Hall–Kier alpha value is -6.79. The Morgan fingerprint density at radius 3 is 2.26 bits per heavy atom. The van der Waals surface area contributed by atoms with E-state index in [-0.39, 0.29) is 24.5 Å². The van der Waals surface area contributed by atoms with E-state index < -0.39 is 0 Å². The summed E-state index contributed by atoms with van der Waals surface area (Å²) in [4.78, 5) is 56.4. The minimum atomic E-state index is -0.377. The number of nitrogens with zero attached hydrogens (tertiary/aromatic N) is 5. The van der Waals surface area contributed by atoms with Gasteiger partial charge in [-0.1, -0.05) is 43.0 Å². The Morgan fingerprint density at radius 1 is 0.849 bits per heavy atom. The molecule has 2 aliphatic heterocycles. The number of nitrogens with one attached hydrogen (secondary N) is 3. The van der Waals surface area contributed by atoms with Crippen LogP contribution in [0.3, 0.4) is 0 Å². The van der Waals surface area contributed by atoms with Crippen LogP contribution in [0.1, 0.15) is 20.7 Å². The fourth-order valence-electron chi connectivity index (χ4n) is 6.74. The molecule has 6 aromatic rings. The zero-order valence-electron chi connectivity index (χ0n) is 29.0. The second-order valence-corrected chi connectivity index (χ2v) is 12.9. The third kappa shape index (κ3) is 6.59. The van der Waals surface area contributed by atoms with Gasteiger partial charge in [0.25, 0.3) is 11.8 Å². The van der Waals surface area contributed by atoms with Gasteiger partial charge >= 0.3 is 0 Å². The Labute approximate surface area is 305 Å². The van der Waals surface area contributed by atoms with E-state index in [4.69, 9.17) is 4.74 Å². The van der Waals surface area contributed by atoms with E-state index in [1.165, 1.54) is 18.1 Å². The number of likely N-dealkylation sites (N-methyl/N-ethyl adjacent to an activating group) is 1. The summed E-state index contributed by atoms with van der Waals surface area (Å²) in [5.41, 5.74) is 7.47. The summed E-state index contributed by atoms with van der Waals surface area (Å²) in [6.45, 7) is 7.37. The minimum absolute atomic E-state index is 0.205. The molecule has 0 unspecified atom stereocenters. The molecule has 0 atom stereocenters. The van der Waals surface area contributed by atoms with Crippen LogP contribution in [0, 0.1) is 0 Å². The first-order valence-corrected chi connectivity index (χ1v) is 17.3. The first-order valence-electron chi connectivity index (χ1n) is 17.3. The van der Waals surface area contributed by atoms with E-state index in [0.29, 0.717) is 34.0 Å². The minimum Gasteiger partial charge on any atom is -0.473 e. The maximum atomic E-state index is 12.8. The van der Waals surface area contributed by atoms with Gasteiger partial charge in [-0.25, -0.2) is 14.9 Å². The summed E-state index contributed by atoms with van der Waals surface area (Å²) in [5, 5.41) is 7.08. The smallest absolute Gasteiger partial charge is 0.264 e. The van der Waals surface area contributed by atoms with Crippen molar-refractivity contribution in [1.82, 2.24) is 24.8 Å². The number of hydrogen-bond acceptors (Lipinski definition) is 9. The van der Waals surface area contributed by atoms with Crippen molar-refractivity contribution in [2.24, 2.45) is 0 Å². The van der Waals surface area contributed by atoms with E-state index in [1.54, 1.807) is 36.4 Å². The quantitative estimate of drug-likeness (QED) is 0.107. The van der Waals surface area contributed by atoms with Crippen LogP contribution in [-0.4, -0.2) is 82.4 Å². The van der Waals surface area contributed by atoms with E-state index in [9.17, 15) is 14.4 Å². The molecule has 0 aliphatic carbocycles. The zero-order valence-corrected chi connectivity index (χ0v) is 29.0. The lowest BCUT2D eigenvalue weighted by molar-refractivity contribution is -0.111. The second kappa shape index (κ2) is 14.1. The molecule has 8 rings (SSSR count). The molecule has 0 saturated carbocycles. The van der Waals surface area contributed by atoms with Gasteiger partial charge in [-0.3, -0.25) is 14.4 Å². The van der Waals surface area contributed by atoms with E-state index in [1.807, 2.05) is 36.4 Å². The second-order valence-electron chi connectivity index (χ2n) is 12.9.